The van der Waals surface area contributed by atoms with Gasteiger partial charge in [-0.05, 0) is 18.8 Å². The molecule has 206 valence electrons. The summed E-state index contributed by atoms with van der Waals surface area (Å²) >= 11 is 0. The van der Waals surface area contributed by atoms with Crippen molar-refractivity contribution in [2.45, 2.75) is 46.5 Å². The Morgan fingerprint density at radius 2 is 0.971 bits per heavy atom. The zero-order valence-corrected chi connectivity index (χ0v) is 21.6. The van der Waals surface area contributed by atoms with Crippen LogP contribution in [0.3, 0.4) is 0 Å². The Morgan fingerprint density at radius 1 is 0.588 bits per heavy atom. The van der Waals surface area contributed by atoms with E-state index in [4.69, 9.17) is 28.4 Å². The molecule has 0 fully saturated rings. The lowest BCUT2D eigenvalue weighted by atomic mass is 10.1. The monoisotopic (exact) mass is 496 g/mol. The molecular formula is C24H52N2O8. The predicted octanol–water partition coefficient (Wildman–Crippen LogP) is 2.05. The first kappa shape index (κ1) is 32.7. The van der Waals surface area contributed by atoms with Crippen molar-refractivity contribution in [3.05, 3.63) is 0 Å². The molecule has 0 unspecified atom stereocenters. The fraction of sp³-hybridized carbons (Fsp3) is 0.917. The van der Waals surface area contributed by atoms with E-state index in [2.05, 4.69) is 24.5 Å². The zero-order valence-electron chi connectivity index (χ0n) is 21.6. The third kappa shape index (κ3) is 26.9. The van der Waals surface area contributed by atoms with Crippen molar-refractivity contribution in [3.63, 3.8) is 0 Å². The highest BCUT2D eigenvalue weighted by Gasteiger charge is 2.01. The number of carbonyl (C=O) groups is 2. The Labute approximate surface area is 208 Å². The maximum Gasteiger partial charge on any atom is 0.222 e. The molecule has 0 aromatic rings. The first-order chi connectivity index (χ1) is 16.6. The summed E-state index contributed by atoms with van der Waals surface area (Å²) in [6.07, 6.45) is 2.77. The molecule has 0 spiro atoms. The maximum atomic E-state index is 11.7. The predicted molar refractivity (Wildman–Crippen MR) is 134 cm³/mol. The lowest BCUT2D eigenvalue weighted by molar-refractivity contribution is -0.123. The van der Waals surface area contributed by atoms with Gasteiger partial charge < -0.3 is 39.1 Å². The van der Waals surface area contributed by atoms with Crippen molar-refractivity contribution in [2.75, 3.05) is 92.4 Å². The molecule has 0 saturated carbocycles. The minimum atomic E-state index is -0.0528. The Kier molecular flexibility index (Phi) is 25.3. The average molecular weight is 497 g/mol. The molecule has 0 radical (unpaired) electrons. The van der Waals surface area contributed by atoms with Crippen LogP contribution in [-0.2, 0) is 38.0 Å². The SMILES string of the molecule is CCCC(=O)NCCOCCOCCOCCOCCNC(=O)CCOCCOCCC(C)C.[HH].[HH]. The van der Waals surface area contributed by atoms with Crippen LogP contribution in [0.1, 0.15) is 49.3 Å². The van der Waals surface area contributed by atoms with Crippen molar-refractivity contribution < 1.29 is 40.9 Å². The normalized spacial score (nSPS) is 11.2. The second-order valence-corrected chi connectivity index (χ2v) is 8.06. The molecule has 34 heavy (non-hydrogen) atoms. The molecule has 0 aromatic heterocycles. The smallest absolute Gasteiger partial charge is 0.222 e. The minimum absolute atomic E-state index is 0. The summed E-state index contributed by atoms with van der Waals surface area (Å²) in [6.45, 7) is 13.3. The topological polar surface area (TPSA) is 114 Å². The van der Waals surface area contributed by atoms with Gasteiger partial charge in [0.15, 0.2) is 0 Å². The quantitative estimate of drug-likeness (QED) is 0.175. The lowest BCUT2D eigenvalue weighted by Gasteiger charge is -2.09. The first-order valence-electron chi connectivity index (χ1n) is 12.6. The number of hydrogen-bond donors (Lipinski definition) is 2. The van der Waals surface area contributed by atoms with E-state index in [1.54, 1.807) is 0 Å². The van der Waals surface area contributed by atoms with Gasteiger partial charge in [0.2, 0.25) is 11.8 Å². The molecular weight excluding hydrogens is 444 g/mol. The summed E-state index contributed by atoms with van der Waals surface area (Å²) in [5, 5.41) is 5.58. The van der Waals surface area contributed by atoms with E-state index < -0.39 is 0 Å². The standard InChI is InChI=1S/C24H48N2O8.2H2/c1-4-5-23(27)25-8-12-31-16-18-33-20-21-34-19-17-32-13-9-26-24(28)7-11-30-15-14-29-10-6-22(2)3;;/h22H,4-21H2,1-3H3,(H,25,27)(H,26,28);2*1H. The van der Waals surface area contributed by atoms with E-state index in [-0.39, 0.29) is 14.7 Å². The van der Waals surface area contributed by atoms with Gasteiger partial charge >= 0.3 is 0 Å². The molecule has 0 heterocycles. The van der Waals surface area contributed by atoms with Crippen molar-refractivity contribution in [1.82, 2.24) is 10.6 Å². The lowest BCUT2D eigenvalue weighted by Crippen LogP contribution is -2.28. The van der Waals surface area contributed by atoms with Crippen LogP contribution in [0.2, 0.25) is 0 Å². The van der Waals surface area contributed by atoms with Crippen molar-refractivity contribution in [3.8, 4) is 0 Å². The summed E-state index contributed by atoms with van der Waals surface area (Å²) < 4.78 is 32.4. The summed E-state index contributed by atoms with van der Waals surface area (Å²) in [5.74, 6) is 0.646. The number of amides is 2. The second kappa shape index (κ2) is 26.3. The molecule has 0 aromatic carbocycles. The van der Waals surface area contributed by atoms with Crippen LogP contribution in [-0.4, -0.2) is 104 Å². The highest BCUT2D eigenvalue weighted by Crippen LogP contribution is 1.98. The van der Waals surface area contributed by atoms with Gasteiger partial charge in [0.25, 0.3) is 0 Å². The fourth-order valence-corrected chi connectivity index (χ4v) is 2.50. The summed E-state index contributed by atoms with van der Waals surface area (Å²) in [7, 11) is 0. The van der Waals surface area contributed by atoms with Gasteiger partial charge in [-0.1, -0.05) is 20.8 Å². The molecule has 0 saturated heterocycles. The second-order valence-electron chi connectivity index (χ2n) is 8.06. The number of rotatable bonds is 26. The molecule has 10 nitrogen and oxygen atoms in total. The average Bonchev–Trinajstić information content (AvgIpc) is 2.80. The van der Waals surface area contributed by atoms with E-state index in [0.29, 0.717) is 105 Å². The Balaban J connectivity index is -0.00000544. The molecule has 0 atom stereocenters. The van der Waals surface area contributed by atoms with E-state index in [1.807, 2.05) is 6.92 Å². The van der Waals surface area contributed by atoms with Crippen LogP contribution in [0, 0.1) is 5.92 Å². The third-order valence-corrected chi connectivity index (χ3v) is 4.42. The number of ether oxygens (including phenoxy) is 6. The van der Waals surface area contributed by atoms with Gasteiger partial charge in [0, 0.05) is 35.4 Å². The van der Waals surface area contributed by atoms with Crippen LogP contribution >= 0.6 is 0 Å². The van der Waals surface area contributed by atoms with Crippen LogP contribution in [0.25, 0.3) is 0 Å². The van der Waals surface area contributed by atoms with E-state index in [1.165, 1.54) is 0 Å². The van der Waals surface area contributed by atoms with Crippen LogP contribution in [0.4, 0.5) is 0 Å². The van der Waals surface area contributed by atoms with Gasteiger partial charge in [-0.25, -0.2) is 0 Å². The highest BCUT2D eigenvalue weighted by molar-refractivity contribution is 5.76. The Morgan fingerprint density at radius 3 is 1.41 bits per heavy atom. The van der Waals surface area contributed by atoms with Crippen LogP contribution < -0.4 is 10.6 Å². The molecule has 0 rings (SSSR count). The third-order valence-electron chi connectivity index (χ3n) is 4.42. The summed E-state index contributed by atoms with van der Waals surface area (Å²) in [5.41, 5.74) is 0. The van der Waals surface area contributed by atoms with Crippen LogP contribution in [0.15, 0.2) is 0 Å². The zero-order chi connectivity index (χ0) is 25.1. The van der Waals surface area contributed by atoms with Crippen molar-refractivity contribution >= 4 is 11.8 Å². The molecule has 2 amide bonds. The molecule has 0 aliphatic rings. The van der Waals surface area contributed by atoms with Crippen molar-refractivity contribution in [2.24, 2.45) is 5.92 Å². The molecule has 0 aliphatic carbocycles. The van der Waals surface area contributed by atoms with Gasteiger partial charge in [-0.15, -0.1) is 0 Å². The van der Waals surface area contributed by atoms with Gasteiger partial charge in [-0.2, -0.15) is 0 Å². The maximum absolute atomic E-state index is 11.7. The van der Waals surface area contributed by atoms with Gasteiger partial charge in [-0.3, -0.25) is 9.59 Å². The fourth-order valence-electron chi connectivity index (χ4n) is 2.50. The highest BCUT2D eigenvalue weighted by atomic mass is 16.6. The molecule has 0 aliphatic heterocycles. The van der Waals surface area contributed by atoms with E-state index in [9.17, 15) is 9.59 Å². The molecule has 10 heteroatoms. The van der Waals surface area contributed by atoms with Crippen molar-refractivity contribution in [1.29, 1.82) is 0 Å². The molecule has 0 bridgehead atoms. The summed E-state index contributed by atoms with van der Waals surface area (Å²) in [4.78, 5) is 23.0. The first-order valence-corrected chi connectivity index (χ1v) is 12.6. The summed E-state index contributed by atoms with van der Waals surface area (Å²) in [6, 6.07) is 0. The molecule has 2 N–H and O–H groups in total. The van der Waals surface area contributed by atoms with Gasteiger partial charge in [0.1, 0.15) is 0 Å². The van der Waals surface area contributed by atoms with Crippen LogP contribution in [0.5, 0.6) is 0 Å². The van der Waals surface area contributed by atoms with Gasteiger partial charge in [0.05, 0.1) is 72.7 Å². The Bertz CT molecular complexity index is 477. The largest absolute Gasteiger partial charge is 0.379 e. The number of hydrogen-bond acceptors (Lipinski definition) is 8. The number of carbonyl (C=O) groups excluding carboxylic acids is 2. The van der Waals surface area contributed by atoms with E-state index >= 15 is 0 Å². The van der Waals surface area contributed by atoms with E-state index in [0.717, 1.165) is 19.4 Å². The number of nitrogens with one attached hydrogen (secondary N) is 2. The Hall–Kier alpha value is -1.30. The minimum Gasteiger partial charge on any atom is -0.379 e.